The minimum atomic E-state index is -0.268. The van der Waals surface area contributed by atoms with Crippen molar-refractivity contribution in [3.05, 3.63) is 29.8 Å². The molecule has 0 radical (unpaired) electrons. The van der Waals surface area contributed by atoms with Gasteiger partial charge in [-0.1, -0.05) is 19.1 Å². The molecule has 0 spiro atoms. The molecule has 0 heterocycles. The van der Waals surface area contributed by atoms with Crippen LogP contribution in [0.3, 0.4) is 0 Å². The van der Waals surface area contributed by atoms with Crippen molar-refractivity contribution < 1.29 is 9.90 Å². The van der Waals surface area contributed by atoms with Crippen molar-refractivity contribution in [3.63, 3.8) is 0 Å². The fourth-order valence-electron chi connectivity index (χ4n) is 1.23. The van der Waals surface area contributed by atoms with Crippen LogP contribution in [0.2, 0.25) is 0 Å². The predicted octanol–water partition coefficient (Wildman–Crippen LogP) is 1.63. The molecule has 0 aliphatic carbocycles. The second-order valence-corrected chi connectivity index (χ2v) is 3.16. The molecule has 0 amide bonds. The average Bonchev–Trinajstić information content (AvgIpc) is 2.21. The molecule has 3 nitrogen and oxygen atoms in total. The maximum absolute atomic E-state index is 10.8. The van der Waals surface area contributed by atoms with Gasteiger partial charge >= 0.3 is 0 Å². The summed E-state index contributed by atoms with van der Waals surface area (Å²) in [6.07, 6.45) is 1.87. The highest BCUT2D eigenvalue weighted by Gasteiger charge is 2.07. The topological polar surface area (TPSA) is 49.3 Å². The number of aromatic hydroxyl groups is 1. The summed E-state index contributed by atoms with van der Waals surface area (Å²) < 4.78 is 0. The highest BCUT2D eigenvalue weighted by Crippen LogP contribution is 2.15. The summed E-state index contributed by atoms with van der Waals surface area (Å²) in [5.74, 6) is 0.217. The highest BCUT2D eigenvalue weighted by atomic mass is 16.3. The minimum Gasteiger partial charge on any atom is -0.508 e. The van der Waals surface area contributed by atoms with Gasteiger partial charge in [0.15, 0.2) is 0 Å². The number of nitrogens with one attached hydrogen (secondary N) is 1. The van der Waals surface area contributed by atoms with E-state index in [1.165, 1.54) is 0 Å². The molecule has 76 valence electrons. The standard InChI is InChI=1S/C11H15NO2/c1-2-7-12-11(8-13)9-3-5-10(14)6-4-9/h3-6,8,11-12,14H,2,7H2,1H3. The van der Waals surface area contributed by atoms with Crippen LogP contribution >= 0.6 is 0 Å². The number of hydrogen-bond acceptors (Lipinski definition) is 3. The van der Waals surface area contributed by atoms with Crippen molar-refractivity contribution in [2.24, 2.45) is 0 Å². The van der Waals surface area contributed by atoms with Gasteiger partial charge in [-0.05, 0) is 30.7 Å². The molecule has 0 bridgehead atoms. The minimum absolute atomic E-state index is 0.217. The molecule has 1 unspecified atom stereocenters. The van der Waals surface area contributed by atoms with E-state index in [2.05, 4.69) is 5.32 Å². The fraction of sp³-hybridized carbons (Fsp3) is 0.364. The van der Waals surface area contributed by atoms with Crippen LogP contribution in [0, 0.1) is 0 Å². The van der Waals surface area contributed by atoms with E-state index in [-0.39, 0.29) is 11.8 Å². The maximum Gasteiger partial charge on any atom is 0.141 e. The number of phenolic OH excluding ortho intramolecular Hbond substituents is 1. The Morgan fingerprint density at radius 1 is 1.43 bits per heavy atom. The first-order chi connectivity index (χ1) is 6.77. The zero-order valence-corrected chi connectivity index (χ0v) is 8.23. The number of benzene rings is 1. The summed E-state index contributed by atoms with van der Waals surface area (Å²) in [7, 11) is 0. The molecular weight excluding hydrogens is 178 g/mol. The van der Waals surface area contributed by atoms with E-state index >= 15 is 0 Å². The largest absolute Gasteiger partial charge is 0.508 e. The monoisotopic (exact) mass is 193 g/mol. The molecule has 1 aromatic rings. The molecule has 0 aliphatic rings. The lowest BCUT2D eigenvalue weighted by Gasteiger charge is -2.11. The van der Waals surface area contributed by atoms with Crippen LogP contribution < -0.4 is 5.32 Å². The quantitative estimate of drug-likeness (QED) is 0.699. The second kappa shape index (κ2) is 5.40. The third-order valence-electron chi connectivity index (χ3n) is 2.00. The lowest BCUT2D eigenvalue weighted by Crippen LogP contribution is -2.23. The average molecular weight is 193 g/mol. The van der Waals surface area contributed by atoms with Gasteiger partial charge in [0.1, 0.15) is 12.0 Å². The zero-order chi connectivity index (χ0) is 10.4. The number of carbonyl (C=O) groups excluding carboxylic acids is 1. The van der Waals surface area contributed by atoms with Crippen LogP contribution in [0.5, 0.6) is 5.75 Å². The van der Waals surface area contributed by atoms with Crippen LogP contribution in [0.15, 0.2) is 24.3 Å². The molecule has 0 saturated heterocycles. The van der Waals surface area contributed by atoms with Gasteiger partial charge in [-0.3, -0.25) is 0 Å². The fourth-order valence-corrected chi connectivity index (χ4v) is 1.23. The van der Waals surface area contributed by atoms with E-state index in [9.17, 15) is 4.79 Å². The van der Waals surface area contributed by atoms with Crippen molar-refractivity contribution >= 4 is 6.29 Å². The van der Waals surface area contributed by atoms with Crippen LogP contribution in [-0.2, 0) is 4.79 Å². The summed E-state index contributed by atoms with van der Waals surface area (Å²) in [6.45, 7) is 2.86. The number of carbonyl (C=O) groups is 1. The molecule has 2 N–H and O–H groups in total. The summed E-state index contributed by atoms with van der Waals surface area (Å²) in [5, 5.41) is 12.2. The molecule has 14 heavy (non-hydrogen) atoms. The van der Waals surface area contributed by atoms with E-state index in [1.807, 2.05) is 6.92 Å². The van der Waals surface area contributed by atoms with Crippen LogP contribution in [0.25, 0.3) is 0 Å². The Balaban J connectivity index is 2.68. The van der Waals surface area contributed by atoms with Crippen LogP contribution in [0.1, 0.15) is 24.9 Å². The normalized spacial score (nSPS) is 12.4. The molecule has 1 rings (SSSR count). The van der Waals surface area contributed by atoms with E-state index in [4.69, 9.17) is 5.11 Å². The first kappa shape index (κ1) is 10.7. The van der Waals surface area contributed by atoms with Gasteiger partial charge in [-0.2, -0.15) is 0 Å². The molecule has 0 aliphatic heterocycles. The Morgan fingerprint density at radius 2 is 2.07 bits per heavy atom. The molecule has 1 aromatic carbocycles. The summed E-state index contributed by atoms with van der Waals surface area (Å²) >= 11 is 0. The van der Waals surface area contributed by atoms with Crippen LogP contribution in [-0.4, -0.2) is 17.9 Å². The SMILES string of the molecule is CCCNC(C=O)c1ccc(O)cc1. The smallest absolute Gasteiger partial charge is 0.141 e. The van der Waals surface area contributed by atoms with Crippen molar-refractivity contribution in [2.45, 2.75) is 19.4 Å². The second-order valence-electron chi connectivity index (χ2n) is 3.16. The van der Waals surface area contributed by atoms with Gasteiger partial charge in [0.05, 0.1) is 6.04 Å². The van der Waals surface area contributed by atoms with Gasteiger partial charge in [0.2, 0.25) is 0 Å². The molecule has 0 fully saturated rings. The van der Waals surface area contributed by atoms with Gasteiger partial charge < -0.3 is 15.2 Å². The van der Waals surface area contributed by atoms with Crippen LogP contribution in [0.4, 0.5) is 0 Å². The highest BCUT2D eigenvalue weighted by molar-refractivity contribution is 5.61. The van der Waals surface area contributed by atoms with E-state index in [0.29, 0.717) is 0 Å². The van der Waals surface area contributed by atoms with E-state index in [0.717, 1.165) is 24.8 Å². The van der Waals surface area contributed by atoms with Crippen molar-refractivity contribution in [1.82, 2.24) is 5.32 Å². The Morgan fingerprint density at radius 3 is 2.57 bits per heavy atom. The van der Waals surface area contributed by atoms with E-state index in [1.54, 1.807) is 24.3 Å². The predicted molar refractivity (Wildman–Crippen MR) is 55.2 cm³/mol. The summed E-state index contributed by atoms with van der Waals surface area (Å²) in [5.41, 5.74) is 0.881. The maximum atomic E-state index is 10.8. The first-order valence-electron chi connectivity index (χ1n) is 4.75. The molecule has 0 saturated carbocycles. The number of hydrogen-bond donors (Lipinski definition) is 2. The molecule has 3 heteroatoms. The summed E-state index contributed by atoms with van der Waals surface area (Å²) in [4.78, 5) is 10.8. The van der Waals surface area contributed by atoms with Gasteiger partial charge in [0.25, 0.3) is 0 Å². The third kappa shape index (κ3) is 2.85. The number of phenols is 1. The van der Waals surface area contributed by atoms with Gasteiger partial charge in [-0.15, -0.1) is 0 Å². The number of aldehydes is 1. The van der Waals surface area contributed by atoms with Crippen molar-refractivity contribution in [3.8, 4) is 5.75 Å². The van der Waals surface area contributed by atoms with Crippen molar-refractivity contribution in [1.29, 1.82) is 0 Å². The third-order valence-corrected chi connectivity index (χ3v) is 2.00. The van der Waals surface area contributed by atoms with Crippen molar-refractivity contribution in [2.75, 3.05) is 6.54 Å². The Kier molecular flexibility index (Phi) is 4.13. The Hall–Kier alpha value is -1.35. The lowest BCUT2D eigenvalue weighted by atomic mass is 10.1. The molecule has 0 aromatic heterocycles. The lowest BCUT2D eigenvalue weighted by molar-refractivity contribution is -0.109. The number of rotatable bonds is 5. The zero-order valence-electron chi connectivity index (χ0n) is 8.23. The Labute approximate surface area is 83.8 Å². The summed E-state index contributed by atoms with van der Waals surface area (Å²) in [6, 6.07) is 6.39. The molecule has 1 atom stereocenters. The van der Waals surface area contributed by atoms with Gasteiger partial charge in [0, 0.05) is 0 Å². The first-order valence-corrected chi connectivity index (χ1v) is 4.75. The molecular formula is C11H15NO2. The van der Waals surface area contributed by atoms with Gasteiger partial charge in [-0.25, -0.2) is 0 Å². The van der Waals surface area contributed by atoms with E-state index < -0.39 is 0 Å². The Bertz CT molecular complexity index is 282.